The van der Waals surface area contributed by atoms with Gasteiger partial charge in [-0.2, -0.15) is 0 Å². The first-order chi connectivity index (χ1) is 6.14. The molecule has 1 atom stereocenters. The van der Waals surface area contributed by atoms with Gasteiger partial charge in [-0.3, -0.25) is 0 Å². The summed E-state index contributed by atoms with van der Waals surface area (Å²) in [5.41, 5.74) is 7.23. The number of nitrogens with one attached hydrogen (secondary N) is 1. The zero-order chi connectivity index (χ0) is 9.73. The third-order valence-electron chi connectivity index (χ3n) is 2.03. The predicted molar refractivity (Wildman–Crippen MR) is 56.7 cm³/mol. The molecule has 3 N–H and O–H groups in total. The Labute approximate surface area is 80.1 Å². The van der Waals surface area contributed by atoms with Crippen LogP contribution in [0.15, 0.2) is 30.3 Å². The number of benzene rings is 1. The molecule has 0 saturated heterocycles. The predicted octanol–water partition coefficient (Wildman–Crippen LogP) is 1.17. The summed E-state index contributed by atoms with van der Waals surface area (Å²) in [5.74, 6) is 0. The van der Waals surface area contributed by atoms with Crippen LogP contribution in [0.4, 0.5) is 0 Å². The molecule has 72 valence electrons. The van der Waals surface area contributed by atoms with Gasteiger partial charge in [0, 0.05) is 12.1 Å². The van der Waals surface area contributed by atoms with E-state index in [0.29, 0.717) is 0 Å². The van der Waals surface area contributed by atoms with Crippen LogP contribution < -0.4 is 11.1 Å². The third-order valence-corrected chi connectivity index (χ3v) is 2.03. The molecule has 0 aliphatic rings. The zero-order valence-electron chi connectivity index (χ0n) is 8.38. The molecule has 0 aliphatic heterocycles. The lowest BCUT2D eigenvalue weighted by Gasteiger charge is -2.24. The topological polar surface area (TPSA) is 38.0 Å². The second-order valence-corrected chi connectivity index (χ2v) is 3.85. The summed E-state index contributed by atoms with van der Waals surface area (Å²) >= 11 is 0. The van der Waals surface area contributed by atoms with Crippen molar-refractivity contribution in [2.45, 2.75) is 18.9 Å². The van der Waals surface area contributed by atoms with E-state index >= 15 is 0 Å². The summed E-state index contributed by atoms with van der Waals surface area (Å²) in [4.78, 5) is 0. The van der Waals surface area contributed by atoms with Gasteiger partial charge in [0.2, 0.25) is 0 Å². The molecule has 0 saturated carbocycles. The summed E-state index contributed by atoms with van der Waals surface area (Å²) in [6, 6.07) is 10.3. The second kappa shape index (κ2) is 4.40. The molecular weight excluding hydrogens is 160 g/mol. The monoisotopic (exact) mass is 178 g/mol. The van der Waals surface area contributed by atoms with Crippen molar-refractivity contribution in [1.82, 2.24) is 5.32 Å². The van der Waals surface area contributed by atoms with Crippen molar-refractivity contribution in [2.75, 3.05) is 13.6 Å². The number of nitrogens with two attached hydrogens (primary N) is 1. The molecule has 1 aromatic carbocycles. The fourth-order valence-electron chi connectivity index (χ4n) is 1.53. The molecule has 0 bridgehead atoms. The Balaban J connectivity index is 2.58. The van der Waals surface area contributed by atoms with E-state index < -0.39 is 0 Å². The van der Waals surface area contributed by atoms with Crippen molar-refractivity contribution in [3.05, 3.63) is 35.9 Å². The maximum atomic E-state index is 6.10. The van der Waals surface area contributed by atoms with Gasteiger partial charge in [-0.05, 0) is 26.0 Å². The summed E-state index contributed by atoms with van der Waals surface area (Å²) in [6.07, 6.45) is 0.911. The van der Waals surface area contributed by atoms with Gasteiger partial charge < -0.3 is 11.1 Å². The summed E-state index contributed by atoms with van der Waals surface area (Å²) in [5, 5.41) is 3.10. The van der Waals surface area contributed by atoms with Gasteiger partial charge in [0.25, 0.3) is 0 Å². The van der Waals surface area contributed by atoms with Gasteiger partial charge in [0.15, 0.2) is 0 Å². The highest BCUT2D eigenvalue weighted by Crippen LogP contribution is 2.09. The van der Waals surface area contributed by atoms with Gasteiger partial charge in [0.1, 0.15) is 0 Å². The molecule has 0 fully saturated rings. The van der Waals surface area contributed by atoms with Crippen LogP contribution in [-0.4, -0.2) is 19.1 Å². The maximum Gasteiger partial charge on any atom is 0.0292 e. The Kier molecular flexibility index (Phi) is 3.46. The minimum atomic E-state index is -0.157. The molecule has 1 unspecified atom stereocenters. The van der Waals surface area contributed by atoms with E-state index in [1.165, 1.54) is 5.56 Å². The SMILES string of the molecule is CNCC(C)(N)Cc1ccccc1. The quantitative estimate of drug-likeness (QED) is 0.726. The van der Waals surface area contributed by atoms with Crippen LogP contribution in [0, 0.1) is 0 Å². The molecule has 2 heteroatoms. The Morgan fingerprint density at radius 3 is 2.46 bits per heavy atom. The van der Waals surface area contributed by atoms with E-state index in [2.05, 4.69) is 24.4 Å². The lowest BCUT2D eigenvalue weighted by molar-refractivity contribution is 0.444. The molecule has 1 rings (SSSR count). The van der Waals surface area contributed by atoms with Crippen molar-refractivity contribution in [3.8, 4) is 0 Å². The maximum absolute atomic E-state index is 6.10. The average molecular weight is 178 g/mol. The van der Waals surface area contributed by atoms with E-state index in [1.54, 1.807) is 0 Å². The van der Waals surface area contributed by atoms with Gasteiger partial charge in [-0.15, -0.1) is 0 Å². The van der Waals surface area contributed by atoms with Crippen LogP contribution in [0.25, 0.3) is 0 Å². The van der Waals surface area contributed by atoms with Gasteiger partial charge >= 0.3 is 0 Å². The highest BCUT2D eigenvalue weighted by atomic mass is 14.9. The van der Waals surface area contributed by atoms with E-state index in [4.69, 9.17) is 5.73 Å². The smallest absolute Gasteiger partial charge is 0.0292 e. The Morgan fingerprint density at radius 2 is 1.92 bits per heavy atom. The highest BCUT2D eigenvalue weighted by molar-refractivity contribution is 5.17. The highest BCUT2D eigenvalue weighted by Gasteiger charge is 2.17. The molecule has 0 heterocycles. The average Bonchev–Trinajstić information content (AvgIpc) is 2.04. The lowest BCUT2D eigenvalue weighted by atomic mass is 9.94. The fraction of sp³-hybridized carbons (Fsp3) is 0.455. The van der Waals surface area contributed by atoms with Crippen LogP contribution in [0.2, 0.25) is 0 Å². The van der Waals surface area contributed by atoms with E-state index in [-0.39, 0.29) is 5.54 Å². The normalized spacial score (nSPS) is 15.3. The molecule has 0 amide bonds. The number of hydrogen-bond acceptors (Lipinski definition) is 2. The summed E-state index contributed by atoms with van der Waals surface area (Å²) in [7, 11) is 1.93. The van der Waals surface area contributed by atoms with E-state index in [0.717, 1.165) is 13.0 Å². The van der Waals surface area contributed by atoms with Crippen molar-refractivity contribution in [1.29, 1.82) is 0 Å². The molecule has 13 heavy (non-hydrogen) atoms. The van der Waals surface area contributed by atoms with Crippen LogP contribution in [-0.2, 0) is 6.42 Å². The van der Waals surface area contributed by atoms with Crippen LogP contribution in [0.1, 0.15) is 12.5 Å². The molecule has 0 spiro atoms. The molecule has 0 aliphatic carbocycles. The summed E-state index contributed by atoms with van der Waals surface area (Å²) in [6.45, 7) is 2.90. The minimum Gasteiger partial charge on any atom is -0.324 e. The number of hydrogen-bond donors (Lipinski definition) is 2. The Bertz CT molecular complexity index is 242. The van der Waals surface area contributed by atoms with Crippen LogP contribution >= 0.6 is 0 Å². The number of rotatable bonds is 4. The van der Waals surface area contributed by atoms with Crippen LogP contribution in [0.3, 0.4) is 0 Å². The molecule has 1 aromatic rings. The van der Waals surface area contributed by atoms with E-state index in [9.17, 15) is 0 Å². The molecule has 0 radical (unpaired) electrons. The first-order valence-electron chi connectivity index (χ1n) is 4.61. The minimum absolute atomic E-state index is 0.157. The molecule has 2 nitrogen and oxygen atoms in total. The summed E-state index contributed by atoms with van der Waals surface area (Å²) < 4.78 is 0. The van der Waals surface area contributed by atoms with E-state index in [1.807, 2.05) is 25.2 Å². The second-order valence-electron chi connectivity index (χ2n) is 3.85. The largest absolute Gasteiger partial charge is 0.324 e. The molecular formula is C11H18N2. The standard InChI is InChI=1S/C11H18N2/c1-11(12,9-13-2)8-10-6-4-3-5-7-10/h3-7,13H,8-9,12H2,1-2H3. The zero-order valence-corrected chi connectivity index (χ0v) is 8.38. The third kappa shape index (κ3) is 3.57. The molecule has 0 aromatic heterocycles. The van der Waals surface area contributed by atoms with Crippen molar-refractivity contribution in [3.63, 3.8) is 0 Å². The first kappa shape index (κ1) is 10.2. The van der Waals surface area contributed by atoms with Crippen molar-refractivity contribution >= 4 is 0 Å². The lowest BCUT2D eigenvalue weighted by Crippen LogP contribution is -2.46. The van der Waals surface area contributed by atoms with Gasteiger partial charge in [0.05, 0.1) is 0 Å². The van der Waals surface area contributed by atoms with Crippen molar-refractivity contribution < 1.29 is 0 Å². The first-order valence-corrected chi connectivity index (χ1v) is 4.61. The van der Waals surface area contributed by atoms with Crippen molar-refractivity contribution in [2.24, 2.45) is 5.73 Å². The Morgan fingerprint density at radius 1 is 1.31 bits per heavy atom. The fourth-order valence-corrected chi connectivity index (χ4v) is 1.53. The van der Waals surface area contributed by atoms with Gasteiger partial charge in [-0.25, -0.2) is 0 Å². The number of likely N-dealkylation sites (N-methyl/N-ethyl adjacent to an activating group) is 1. The Hall–Kier alpha value is -0.860. The van der Waals surface area contributed by atoms with Crippen LogP contribution in [0.5, 0.6) is 0 Å². The van der Waals surface area contributed by atoms with Gasteiger partial charge in [-0.1, -0.05) is 30.3 Å².